The van der Waals surface area contributed by atoms with Crippen LogP contribution < -0.4 is 20.3 Å². The lowest BCUT2D eigenvalue weighted by Gasteiger charge is -2.42. The van der Waals surface area contributed by atoms with Crippen LogP contribution in [0.1, 0.15) is 19.8 Å². The SMILES string of the molecule is C=CC(=O)Nc1cc(Nc2nccc(-c3ccc4c(cnn4C)c3)n2)c(OC)cc1N1CCC(N2CCO[C@H](C)C2)CC1. The number of aryl methyl sites for hydroxylation is 1. The van der Waals surface area contributed by atoms with Crippen molar-refractivity contribution < 1.29 is 14.3 Å². The Balaban J connectivity index is 1.25. The largest absolute Gasteiger partial charge is 0.494 e. The number of morpholine rings is 1. The van der Waals surface area contributed by atoms with Crippen molar-refractivity contribution in [3.05, 3.63) is 61.4 Å². The van der Waals surface area contributed by atoms with Gasteiger partial charge in [0.15, 0.2) is 0 Å². The molecule has 1 atom stereocenters. The summed E-state index contributed by atoms with van der Waals surface area (Å²) >= 11 is 0. The number of rotatable bonds is 8. The molecule has 2 fully saturated rings. The van der Waals surface area contributed by atoms with Gasteiger partial charge >= 0.3 is 0 Å². The number of carbonyl (C=O) groups excluding carboxylic acids is 1. The number of nitrogens with zero attached hydrogens (tertiary/aromatic N) is 6. The van der Waals surface area contributed by atoms with E-state index in [-0.39, 0.29) is 12.0 Å². The Bertz CT molecular complexity index is 1630. The molecule has 11 heteroatoms. The van der Waals surface area contributed by atoms with E-state index in [1.165, 1.54) is 6.08 Å². The van der Waals surface area contributed by atoms with E-state index in [4.69, 9.17) is 14.5 Å². The molecule has 2 aromatic heterocycles. The fourth-order valence-corrected chi connectivity index (χ4v) is 6.05. The van der Waals surface area contributed by atoms with Gasteiger partial charge in [-0.1, -0.05) is 12.6 Å². The summed E-state index contributed by atoms with van der Waals surface area (Å²) in [6, 6.07) is 12.4. The molecule has 0 unspecified atom stereocenters. The van der Waals surface area contributed by atoms with E-state index in [0.717, 1.165) is 73.5 Å². The van der Waals surface area contributed by atoms with Gasteiger partial charge in [-0.05, 0) is 50.1 Å². The number of fused-ring (bicyclic) bond motifs is 1. The Kier molecular flexibility index (Phi) is 8.26. The van der Waals surface area contributed by atoms with Crippen LogP contribution in [-0.2, 0) is 16.6 Å². The highest BCUT2D eigenvalue weighted by Crippen LogP contribution is 2.39. The molecule has 43 heavy (non-hydrogen) atoms. The van der Waals surface area contributed by atoms with Crippen molar-refractivity contribution in [2.24, 2.45) is 7.05 Å². The minimum Gasteiger partial charge on any atom is -0.494 e. The third-order valence-electron chi connectivity index (χ3n) is 8.30. The number of anilines is 4. The summed E-state index contributed by atoms with van der Waals surface area (Å²) in [7, 11) is 3.56. The predicted molar refractivity (Wildman–Crippen MR) is 169 cm³/mol. The maximum absolute atomic E-state index is 12.5. The first-order valence-corrected chi connectivity index (χ1v) is 14.7. The van der Waals surface area contributed by atoms with Crippen LogP contribution in [0.5, 0.6) is 5.75 Å². The monoisotopic (exact) mass is 582 g/mol. The molecule has 0 aliphatic carbocycles. The summed E-state index contributed by atoms with van der Waals surface area (Å²) in [6.45, 7) is 10.3. The van der Waals surface area contributed by atoms with Gasteiger partial charge in [-0.3, -0.25) is 14.4 Å². The number of hydrogen-bond donors (Lipinski definition) is 2. The highest BCUT2D eigenvalue weighted by molar-refractivity contribution is 6.02. The van der Waals surface area contributed by atoms with Crippen LogP contribution in [0.15, 0.2) is 61.4 Å². The predicted octanol–water partition coefficient (Wildman–Crippen LogP) is 4.60. The molecule has 2 aromatic carbocycles. The van der Waals surface area contributed by atoms with Gasteiger partial charge in [0.05, 0.1) is 54.3 Å². The summed E-state index contributed by atoms with van der Waals surface area (Å²) in [6.07, 6.45) is 7.18. The zero-order chi connectivity index (χ0) is 29.9. The number of carbonyl (C=O) groups is 1. The molecule has 11 nitrogen and oxygen atoms in total. The van der Waals surface area contributed by atoms with Gasteiger partial charge in [0.25, 0.3) is 0 Å². The lowest BCUT2D eigenvalue weighted by Crippen LogP contribution is -2.51. The number of nitrogens with one attached hydrogen (secondary N) is 2. The zero-order valence-corrected chi connectivity index (χ0v) is 24.9. The van der Waals surface area contributed by atoms with E-state index in [9.17, 15) is 4.79 Å². The fraction of sp³-hybridized carbons (Fsp3) is 0.375. The van der Waals surface area contributed by atoms with Crippen LogP contribution in [0.3, 0.4) is 0 Å². The van der Waals surface area contributed by atoms with Crippen molar-refractivity contribution in [1.82, 2.24) is 24.6 Å². The van der Waals surface area contributed by atoms with Gasteiger partial charge in [-0.25, -0.2) is 9.97 Å². The molecule has 6 rings (SSSR count). The number of ether oxygens (including phenoxy) is 2. The molecule has 4 aromatic rings. The second kappa shape index (κ2) is 12.4. The first kappa shape index (κ1) is 28.6. The van der Waals surface area contributed by atoms with Crippen LogP contribution in [0.2, 0.25) is 0 Å². The summed E-state index contributed by atoms with van der Waals surface area (Å²) in [5, 5.41) is 11.7. The van der Waals surface area contributed by atoms with Crippen LogP contribution in [0.4, 0.5) is 23.0 Å². The van der Waals surface area contributed by atoms with E-state index in [2.05, 4.69) is 50.1 Å². The minimum atomic E-state index is -0.279. The van der Waals surface area contributed by atoms with Gasteiger partial charge < -0.3 is 25.0 Å². The molecule has 2 N–H and O–H groups in total. The number of piperidine rings is 1. The van der Waals surface area contributed by atoms with Gasteiger partial charge in [0.1, 0.15) is 5.75 Å². The van der Waals surface area contributed by atoms with E-state index in [1.54, 1.807) is 13.3 Å². The Hall–Kier alpha value is -4.48. The summed E-state index contributed by atoms with van der Waals surface area (Å²) in [5.41, 5.74) is 5.01. The Morgan fingerprint density at radius 3 is 2.74 bits per heavy atom. The highest BCUT2D eigenvalue weighted by Gasteiger charge is 2.29. The maximum atomic E-state index is 12.5. The summed E-state index contributed by atoms with van der Waals surface area (Å²) in [5.74, 6) is 0.761. The van der Waals surface area contributed by atoms with Crippen LogP contribution >= 0.6 is 0 Å². The van der Waals surface area contributed by atoms with Gasteiger partial charge in [0.2, 0.25) is 11.9 Å². The summed E-state index contributed by atoms with van der Waals surface area (Å²) < 4.78 is 13.4. The van der Waals surface area contributed by atoms with Crippen LogP contribution in [-0.4, -0.2) is 82.6 Å². The second-order valence-electron chi connectivity index (χ2n) is 11.1. The van der Waals surface area contributed by atoms with Crippen LogP contribution in [0.25, 0.3) is 22.2 Å². The van der Waals surface area contributed by atoms with Crippen LogP contribution in [0, 0.1) is 0 Å². The topological polar surface area (TPSA) is 110 Å². The van der Waals surface area contributed by atoms with Gasteiger partial charge in [0, 0.05) is 62.5 Å². The third-order valence-corrected chi connectivity index (χ3v) is 8.30. The van der Waals surface area contributed by atoms with E-state index in [1.807, 2.05) is 48.3 Å². The molecule has 4 heterocycles. The van der Waals surface area contributed by atoms with Crippen molar-refractivity contribution in [1.29, 1.82) is 0 Å². The van der Waals surface area contributed by atoms with E-state index in [0.29, 0.717) is 29.1 Å². The molecule has 1 amide bonds. The van der Waals surface area contributed by atoms with Crippen molar-refractivity contribution in [3.63, 3.8) is 0 Å². The summed E-state index contributed by atoms with van der Waals surface area (Å²) in [4.78, 5) is 26.6. The zero-order valence-electron chi connectivity index (χ0n) is 24.9. The number of aromatic nitrogens is 4. The molecule has 0 radical (unpaired) electrons. The first-order valence-electron chi connectivity index (χ1n) is 14.7. The number of benzene rings is 2. The molecular formula is C32H38N8O3. The number of hydrogen-bond acceptors (Lipinski definition) is 9. The van der Waals surface area contributed by atoms with Crippen molar-refractivity contribution in [2.45, 2.75) is 31.9 Å². The average molecular weight is 583 g/mol. The molecule has 2 aliphatic rings. The lowest BCUT2D eigenvalue weighted by molar-refractivity contribution is -0.111. The lowest BCUT2D eigenvalue weighted by atomic mass is 10.0. The van der Waals surface area contributed by atoms with Gasteiger partial charge in [-0.2, -0.15) is 5.10 Å². The number of methoxy groups -OCH3 is 1. The quantitative estimate of drug-likeness (QED) is 0.288. The first-order chi connectivity index (χ1) is 20.9. The van der Waals surface area contributed by atoms with E-state index >= 15 is 0 Å². The normalized spacial score (nSPS) is 18.0. The maximum Gasteiger partial charge on any atom is 0.247 e. The average Bonchev–Trinajstić information content (AvgIpc) is 3.41. The molecule has 0 saturated carbocycles. The van der Waals surface area contributed by atoms with Crippen molar-refractivity contribution >= 4 is 39.8 Å². The molecule has 2 aliphatic heterocycles. The Morgan fingerprint density at radius 2 is 1.98 bits per heavy atom. The third kappa shape index (κ3) is 6.18. The van der Waals surface area contributed by atoms with Crippen molar-refractivity contribution in [3.8, 4) is 17.0 Å². The molecule has 0 bridgehead atoms. The molecule has 2 saturated heterocycles. The standard InChI is InChI=1S/C32H38N8O3/c1-5-31(41)35-26-17-27(37-32-33-11-8-25(36-32)22-6-7-28-23(16-22)19-34-38(28)3)30(42-4)18-29(26)39-12-9-24(10-13-39)40-14-15-43-21(2)20-40/h5-8,11,16-19,21,24H,1,9-10,12-15,20H2,2-4H3,(H,35,41)(H,33,36,37)/t21-/m1/s1. The Labute approximate surface area is 251 Å². The molecule has 0 spiro atoms. The fourth-order valence-electron chi connectivity index (χ4n) is 6.05. The second-order valence-corrected chi connectivity index (χ2v) is 11.1. The number of amides is 1. The minimum absolute atomic E-state index is 0.270. The van der Waals surface area contributed by atoms with Gasteiger partial charge in [-0.15, -0.1) is 0 Å². The highest BCUT2D eigenvalue weighted by atomic mass is 16.5. The smallest absolute Gasteiger partial charge is 0.247 e. The molecule has 224 valence electrons. The van der Waals surface area contributed by atoms with E-state index < -0.39 is 0 Å². The molecular weight excluding hydrogens is 544 g/mol. The Morgan fingerprint density at radius 1 is 1.14 bits per heavy atom. The van der Waals surface area contributed by atoms with Crippen molar-refractivity contribution in [2.75, 3.05) is 55.4 Å².